The Kier molecular flexibility index (Phi) is 3.41. The van der Waals surface area contributed by atoms with Gasteiger partial charge in [-0.2, -0.15) is 0 Å². The second kappa shape index (κ2) is 5.48. The SMILES string of the molecule is CC1(C=O)CCCN1C(=O)OC1c2ccccc2-c2ccccc21. The molecule has 1 unspecified atom stereocenters. The molecule has 1 atom stereocenters. The lowest BCUT2D eigenvalue weighted by atomic mass is 10.0. The molecule has 1 aliphatic heterocycles. The van der Waals surface area contributed by atoms with Crippen molar-refractivity contribution in [2.24, 2.45) is 0 Å². The van der Waals surface area contributed by atoms with Gasteiger partial charge in [0.1, 0.15) is 6.29 Å². The number of likely N-dealkylation sites (tertiary alicyclic amines) is 1. The highest BCUT2D eigenvalue weighted by atomic mass is 16.6. The smallest absolute Gasteiger partial charge is 0.411 e. The monoisotopic (exact) mass is 321 g/mol. The summed E-state index contributed by atoms with van der Waals surface area (Å²) in [4.78, 5) is 25.7. The number of amides is 1. The second-order valence-corrected chi connectivity index (χ2v) is 6.67. The van der Waals surface area contributed by atoms with Crippen molar-refractivity contribution in [2.75, 3.05) is 6.54 Å². The normalized spacial score (nSPS) is 22.1. The fourth-order valence-corrected chi connectivity index (χ4v) is 3.81. The number of hydrogen-bond acceptors (Lipinski definition) is 3. The fourth-order valence-electron chi connectivity index (χ4n) is 3.81. The highest BCUT2D eigenvalue weighted by molar-refractivity contribution is 5.81. The largest absolute Gasteiger partial charge is 0.436 e. The van der Waals surface area contributed by atoms with Crippen LogP contribution in [0.4, 0.5) is 4.79 Å². The van der Waals surface area contributed by atoms with E-state index in [9.17, 15) is 9.59 Å². The standard InChI is InChI=1S/C20H19NO3/c1-20(13-22)11-6-12-21(20)19(23)24-18-16-9-4-2-7-14(16)15-8-3-5-10-17(15)18/h2-5,7-10,13,18H,6,11-12H2,1H3. The van der Waals surface area contributed by atoms with E-state index in [0.29, 0.717) is 13.0 Å². The Labute approximate surface area is 141 Å². The van der Waals surface area contributed by atoms with Gasteiger partial charge < -0.3 is 9.53 Å². The Hall–Kier alpha value is -2.62. The summed E-state index contributed by atoms with van der Waals surface area (Å²) in [7, 11) is 0. The summed E-state index contributed by atoms with van der Waals surface area (Å²) < 4.78 is 5.87. The minimum atomic E-state index is -0.755. The molecule has 1 aliphatic carbocycles. The fraction of sp³-hybridized carbons (Fsp3) is 0.300. The third kappa shape index (κ3) is 2.13. The van der Waals surface area contributed by atoms with Crippen LogP contribution in [0.1, 0.15) is 37.0 Å². The summed E-state index contributed by atoms with van der Waals surface area (Å²) in [5.74, 6) is 0. The number of ether oxygens (including phenoxy) is 1. The minimum absolute atomic E-state index is 0.415. The first-order chi connectivity index (χ1) is 11.6. The van der Waals surface area contributed by atoms with Crippen LogP contribution in [0.25, 0.3) is 11.1 Å². The average molecular weight is 321 g/mol. The summed E-state index contributed by atoms with van der Waals surface area (Å²) in [5, 5.41) is 0. The van der Waals surface area contributed by atoms with Crippen molar-refractivity contribution >= 4 is 12.4 Å². The Morgan fingerprint density at radius 2 is 1.71 bits per heavy atom. The molecule has 0 aromatic heterocycles. The second-order valence-electron chi connectivity index (χ2n) is 6.67. The molecule has 0 saturated carbocycles. The number of benzene rings is 2. The molecule has 1 heterocycles. The third-order valence-corrected chi connectivity index (χ3v) is 5.15. The lowest BCUT2D eigenvalue weighted by Crippen LogP contribution is -2.46. The Bertz CT molecular complexity index is 771. The predicted octanol–water partition coefficient (Wildman–Crippen LogP) is 3.95. The van der Waals surface area contributed by atoms with Crippen molar-refractivity contribution < 1.29 is 14.3 Å². The maximum Gasteiger partial charge on any atom is 0.411 e. The van der Waals surface area contributed by atoms with Gasteiger partial charge in [0.15, 0.2) is 6.10 Å². The van der Waals surface area contributed by atoms with Crippen molar-refractivity contribution in [1.29, 1.82) is 0 Å². The van der Waals surface area contributed by atoms with Crippen LogP contribution >= 0.6 is 0 Å². The summed E-state index contributed by atoms with van der Waals surface area (Å²) >= 11 is 0. The van der Waals surface area contributed by atoms with E-state index in [1.54, 1.807) is 11.8 Å². The van der Waals surface area contributed by atoms with Crippen LogP contribution in [0.2, 0.25) is 0 Å². The summed E-state index contributed by atoms with van der Waals surface area (Å²) in [6, 6.07) is 16.0. The maximum absolute atomic E-state index is 12.7. The molecule has 0 spiro atoms. The highest BCUT2D eigenvalue weighted by Crippen LogP contribution is 2.45. The van der Waals surface area contributed by atoms with Gasteiger partial charge in [-0.3, -0.25) is 4.90 Å². The van der Waals surface area contributed by atoms with Crippen molar-refractivity contribution in [1.82, 2.24) is 4.90 Å². The van der Waals surface area contributed by atoms with Crippen LogP contribution in [0.3, 0.4) is 0 Å². The van der Waals surface area contributed by atoms with Crippen LogP contribution in [-0.2, 0) is 9.53 Å². The molecule has 2 aromatic carbocycles. The third-order valence-electron chi connectivity index (χ3n) is 5.15. The summed E-state index contributed by atoms with van der Waals surface area (Å²) in [6.07, 6.45) is 1.53. The molecule has 0 radical (unpaired) electrons. The van der Waals surface area contributed by atoms with Gasteiger partial charge in [0, 0.05) is 17.7 Å². The summed E-state index contributed by atoms with van der Waals surface area (Å²) in [6.45, 7) is 2.36. The molecule has 1 saturated heterocycles. The Morgan fingerprint density at radius 1 is 1.12 bits per heavy atom. The molecular formula is C20H19NO3. The quantitative estimate of drug-likeness (QED) is 0.787. The van der Waals surface area contributed by atoms with Gasteiger partial charge in [-0.15, -0.1) is 0 Å². The zero-order valence-corrected chi connectivity index (χ0v) is 13.6. The highest BCUT2D eigenvalue weighted by Gasteiger charge is 2.42. The van der Waals surface area contributed by atoms with E-state index in [1.165, 1.54) is 0 Å². The minimum Gasteiger partial charge on any atom is -0.436 e. The number of fused-ring (bicyclic) bond motifs is 3. The van der Waals surface area contributed by atoms with E-state index < -0.39 is 17.7 Å². The zero-order valence-electron chi connectivity index (χ0n) is 13.6. The van der Waals surface area contributed by atoms with Gasteiger partial charge >= 0.3 is 6.09 Å². The van der Waals surface area contributed by atoms with Crippen LogP contribution in [0.5, 0.6) is 0 Å². The zero-order chi connectivity index (χ0) is 16.7. The van der Waals surface area contributed by atoms with Gasteiger partial charge in [0.05, 0.1) is 5.54 Å². The molecule has 2 aliphatic rings. The maximum atomic E-state index is 12.7. The van der Waals surface area contributed by atoms with Crippen molar-refractivity contribution in [3.05, 3.63) is 59.7 Å². The Balaban J connectivity index is 1.68. The van der Waals surface area contributed by atoms with Gasteiger partial charge in [-0.25, -0.2) is 4.79 Å². The van der Waals surface area contributed by atoms with E-state index >= 15 is 0 Å². The molecule has 0 N–H and O–H groups in total. The lowest BCUT2D eigenvalue weighted by molar-refractivity contribution is -0.115. The number of aldehydes is 1. The van der Waals surface area contributed by atoms with E-state index in [2.05, 4.69) is 0 Å². The number of carbonyl (C=O) groups excluding carboxylic acids is 2. The van der Waals surface area contributed by atoms with Crippen LogP contribution in [-0.4, -0.2) is 29.4 Å². The molecule has 2 aromatic rings. The molecule has 4 rings (SSSR count). The number of rotatable bonds is 2. The van der Waals surface area contributed by atoms with E-state index in [0.717, 1.165) is 35.0 Å². The van der Waals surface area contributed by atoms with Crippen LogP contribution in [0.15, 0.2) is 48.5 Å². The average Bonchev–Trinajstić information content (AvgIpc) is 3.15. The van der Waals surface area contributed by atoms with Crippen LogP contribution < -0.4 is 0 Å². The van der Waals surface area contributed by atoms with Gasteiger partial charge in [-0.05, 0) is 30.9 Å². The number of carbonyl (C=O) groups is 2. The van der Waals surface area contributed by atoms with Gasteiger partial charge in [-0.1, -0.05) is 48.5 Å². The van der Waals surface area contributed by atoms with Gasteiger partial charge in [0.2, 0.25) is 0 Å². The molecular weight excluding hydrogens is 302 g/mol. The van der Waals surface area contributed by atoms with E-state index in [-0.39, 0.29) is 0 Å². The lowest BCUT2D eigenvalue weighted by Gasteiger charge is -2.30. The first-order valence-electron chi connectivity index (χ1n) is 8.27. The number of hydrogen-bond donors (Lipinski definition) is 0. The van der Waals surface area contributed by atoms with E-state index in [4.69, 9.17) is 4.74 Å². The van der Waals surface area contributed by atoms with E-state index in [1.807, 2.05) is 48.5 Å². The van der Waals surface area contributed by atoms with Crippen molar-refractivity contribution in [3.63, 3.8) is 0 Å². The summed E-state index contributed by atoms with van der Waals surface area (Å²) in [5.41, 5.74) is 3.45. The molecule has 1 fully saturated rings. The Morgan fingerprint density at radius 3 is 2.29 bits per heavy atom. The molecule has 122 valence electrons. The molecule has 4 heteroatoms. The number of nitrogens with zero attached hydrogens (tertiary/aromatic N) is 1. The van der Waals surface area contributed by atoms with Crippen molar-refractivity contribution in [2.45, 2.75) is 31.4 Å². The van der Waals surface area contributed by atoms with Crippen LogP contribution in [0, 0.1) is 0 Å². The van der Waals surface area contributed by atoms with Gasteiger partial charge in [0.25, 0.3) is 0 Å². The predicted molar refractivity (Wildman–Crippen MR) is 90.6 cm³/mol. The first kappa shape index (κ1) is 14.9. The molecule has 1 amide bonds. The molecule has 4 nitrogen and oxygen atoms in total. The topological polar surface area (TPSA) is 46.6 Å². The molecule has 0 bridgehead atoms. The first-order valence-corrected chi connectivity index (χ1v) is 8.27. The molecule has 24 heavy (non-hydrogen) atoms. The van der Waals surface area contributed by atoms with Crippen molar-refractivity contribution in [3.8, 4) is 11.1 Å².